The van der Waals surface area contributed by atoms with E-state index in [1.54, 1.807) is 4.90 Å². The van der Waals surface area contributed by atoms with E-state index in [9.17, 15) is 14.4 Å². The largest absolute Gasteiger partial charge is 0.349 e. The summed E-state index contributed by atoms with van der Waals surface area (Å²) in [5, 5.41) is 3.05. The SMILES string of the molecule is C[C@@H](NC(=O)[C@@H]1CC(=O)N(c2ccc3c(c2)CCN3C(=O)C2CC2)C1)c1ccccc1. The predicted octanol–water partition coefficient (Wildman–Crippen LogP) is 3.22. The summed E-state index contributed by atoms with van der Waals surface area (Å²) in [6.45, 7) is 3.05. The third-order valence-electron chi connectivity index (χ3n) is 6.62. The smallest absolute Gasteiger partial charge is 0.230 e. The van der Waals surface area contributed by atoms with Gasteiger partial charge in [0.25, 0.3) is 0 Å². The van der Waals surface area contributed by atoms with Gasteiger partial charge in [0.2, 0.25) is 17.7 Å². The van der Waals surface area contributed by atoms with Crippen molar-refractivity contribution in [3.05, 3.63) is 59.7 Å². The first-order valence-corrected chi connectivity index (χ1v) is 11.1. The molecule has 0 spiro atoms. The molecule has 6 nitrogen and oxygen atoms in total. The Kier molecular flexibility index (Phi) is 5.00. The molecule has 0 radical (unpaired) electrons. The van der Waals surface area contributed by atoms with E-state index >= 15 is 0 Å². The number of hydrogen-bond donors (Lipinski definition) is 1. The maximum absolute atomic E-state index is 12.8. The Labute approximate surface area is 182 Å². The highest BCUT2D eigenvalue weighted by molar-refractivity contribution is 6.02. The van der Waals surface area contributed by atoms with Crippen LogP contribution in [0.4, 0.5) is 11.4 Å². The number of carbonyl (C=O) groups is 3. The minimum Gasteiger partial charge on any atom is -0.349 e. The highest BCUT2D eigenvalue weighted by Gasteiger charge is 2.38. The van der Waals surface area contributed by atoms with Crippen LogP contribution in [0, 0.1) is 11.8 Å². The van der Waals surface area contributed by atoms with Crippen LogP contribution in [0.1, 0.15) is 43.4 Å². The van der Waals surface area contributed by atoms with Crippen molar-refractivity contribution in [1.82, 2.24) is 5.32 Å². The first-order chi connectivity index (χ1) is 15.0. The summed E-state index contributed by atoms with van der Waals surface area (Å²) in [5.74, 6) is -0.0536. The standard InChI is InChI=1S/C25H27N3O3/c1-16(17-5-3-2-4-6-17)26-24(30)20-14-23(29)28(15-20)21-9-10-22-19(13-21)11-12-27(22)25(31)18-7-8-18/h2-6,9-10,13,16,18,20H,7-8,11-12,14-15H2,1H3,(H,26,30)/t16-,20-/m1/s1. The fourth-order valence-electron chi connectivity index (χ4n) is 4.62. The highest BCUT2D eigenvalue weighted by Crippen LogP contribution is 2.38. The second-order valence-corrected chi connectivity index (χ2v) is 8.87. The Morgan fingerprint density at radius 2 is 1.84 bits per heavy atom. The molecule has 2 aliphatic heterocycles. The van der Waals surface area contributed by atoms with Gasteiger partial charge in [-0.15, -0.1) is 0 Å². The quantitative estimate of drug-likeness (QED) is 0.812. The third-order valence-corrected chi connectivity index (χ3v) is 6.62. The Balaban J connectivity index is 1.26. The molecule has 2 heterocycles. The number of anilines is 2. The van der Waals surface area contributed by atoms with Crippen LogP contribution in [0.5, 0.6) is 0 Å². The minimum atomic E-state index is -0.361. The van der Waals surface area contributed by atoms with Gasteiger partial charge in [0, 0.05) is 36.8 Å². The highest BCUT2D eigenvalue weighted by atomic mass is 16.2. The molecule has 1 aliphatic carbocycles. The zero-order chi connectivity index (χ0) is 21.5. The number of nitrogens with zero attached hydrogens (tertiary/aromatic N) is 2. The van der Waals surface area contributed by atoms with Crippen LogP contribution >= 0.6 is 0 Å². The maximum Gasteiger partial charge on any atom is 0.230 e. The van der Waals surface area contributed by atoms with Gasteiger partial charge in [-0.25, -0.2) is 0 Å². The number of nitrogens with one attached hydrogen (secondary N) is 1. The lowest BCUT2D eigenvalue weighted by Gasteiger charge is -2.21. The molecule has 2 aromatic carbocycles. The van der Waals surface area contributed by atoms with Crippen LogP contribution in [-0.4, -0.2) is 30.8 Å². The molecule has 6 heteroatoms. The van der Waals surface area contributed by atoms with Gasteiger partial charge in [-0.05, 0) is 55.5 Å². The number of carbonyl (C=O) groups excluding carboxylic acids is 3. The van der Waals surface area contributed by atoms with Crippen molar-refractivity contribution in [1.29, 1.82) is 0 Å². The van der Waals surface area contributed by atoms with Gasteiger partial charge in [0.15, 0.2) is 0 Å². The van der Waals surface area contributed by atoms with E-state index in [0.29, 0.717) is 13.1 Å². The first-order valence-electron chi connectivity index (χ1n) is 11.1. The lowest BCUT2D eigenvalue weighted by molar-refractivity contribution is -0.126. The first kappa shape index (κ1) is 19.8. The molecule has 0 aromatic heterocycles. The Bertz CT molecular complexity index is 1030. The van der Waals surface area contributed by atoms with Gasteiger partial charge in [0.1, 0.15) is 0 Å². The summed E-state index contributed by atoms with van der Waals surface area (Å²) >= 11 is 0. The lowest BCUT2D eigenvalue weighted by atomic mass is 10.1. The molecule has 0 bridgehead atoms. The minimum absolute atomic E-state index is 0.0311. The summed E-state index contributed by atoms with van der Waals surface area (Å²) in [6.07, 6.45) is 3.02. The molecule has 1 saturated heterocycles. The lowest BCUT2D eigenvalue weighted by Crippen LogP contribution is -2.34. The fraction of sp³-hybridized carbons (Fsp3) is 0.400. The maximum atomic E-state index is 12.8. The van der Waals surface area contributed by atoms with E-state index in [1.807, 2.05) is 60.4 Å². The molecule has 0 unspecified atom stereocenters. The van der Waals surface area contributed by atoms with Gasteiger partial charge >= 0.3 is 0 Å². The van der Waals surface area contributed by atoms with Crippen LogP contribution in [0.3, 0.4) is 0 Å². The Morgan fingerprint density at radius 3 is 2.58 bits per heavy atom. The molecule has 3 aliphatic rings. The summed E-state index contributed by atoms with van der Waals surface area (Å²) in [7, 11) is 0. The van der Waals surface area contributed by atoms with Crippen LogP contribution in [0.25, 0.3) is 0 Å². The predicted molar refractivity (Wildman–Crippen MR) is 119 cm³/mol. The van der Waals surface area contributed by atoms with Crippen molar-refractivity contribution in [3.63, 3.8) is 0 Å². The molecule has 1 N–H and O–H groups in total. The van der Waals surface area contributed by atoms with Crippen molar-refractivity contribution in [2.45, 2.75) is 38.6 Å². The van der Waals surface area contributed by atoms with Gasteiger partial charge < -0.3 is 15.1 Å². The molecular formula is C25H27N3O3. The van der Waals surface area contributed by atoms with Crippen molar-refractivity contribution in [2.75, 3.05) is 22.9 Å². The molecule has 160 valence electrons. The van der Waals surface area contributed by atoms with Crippen LogP contribution in [0.15, 0.2) is 48.5 Å². The van der Waals surface area contributed by atoms with Crippen molar-refractivity contribution in [3.8, 4) is 0 Å². The van der Waals surface area contributed by atoms with Gasteiger partial charge in [-0.3, -0.25) is 14.4 Å². The van der Waals surface area contributed by atoms with Crippen molar-refractivity contribution < 1.29 is 14.4 Å². The second kappa shape index (κ2) is 7.84. The average molecular weight is 418 g/mol. The van der Waals surface area contributed by atoms with E-state index in [1.165, 1.54) is 0 Å². The van der Waals surface area contributed by atoms with E-state index in [2.05, 4.69) is 5.32 Å². The van der Waals surface area contributed by atoms with E-state index in [0.717, 1.165) is 41.8 Å². The molecule has 1 saturated carbocycles. The zero-order valence-corrected chi connectivity index (χ0v) is 17.7. The molecule has 5 rings (SSSR count). The Hall–Kier alpha value is -3.15. The van der Waals surface area contributed by atoms with Crippen LogP contribution < -0.4 is 15.1 Å². The topological polar surface area (TPSA) is 69.7 Å². The van der Waals surface area contributed by atoms with Gasteiger partial charge in [-0.1, -0.05) is 30.3 Å². The third kappa shape index (κ3) is 3.82. The van der Waals surface area contributed by atoms with E-state index in [4.69, 9.17) is 0 Å². The summed E-state index contributed by atoms with van der Waals surface area (Å²) < 4.78 is 0. The fourth-order valence-corrected chi connectivity index (χ4v) is 4.62. The molecule has 2 aromatic rings. The number of rotatable bonds is 5. The molecule has 3 amide bonds. The number of hydrogen-bond acceptors (Lipinski definition) is 3. The van der Waals surface area contributed by atoms with Gasteiger partial charge in [0.05, 0.1) is 12.0 Å². The molecule has 2 atom stereocenters. The van der Waals surface area contributed by atoms with Crippen LogP contribution in [0.2, 0.25) is 0 Å². The Morgan fingerprint density at radius 1 is 1.06 bits per heavy atom. The monoisotopic (exact) mass is 417 g/mol. The van der Waals surface area contributed by atoms with Crippen LogP contribution in [-0.2, 0) is 20.8 Å². The molecule has 2 fully saturated rings. The number of benzene rings is 2. The molecule has 31 heavy (non-hydrogen) atoms. The summed E-state index contributed by atoms with van der Waals surface area (Å²) in [6, 6.07) is 15.6. The number of fused-ring (bicyclic) bond motifs is 1. The van der Waals surface area contributed by atoms with E-state index in [-0.39, 0.29) is 42.0 Å². The summed E-state index contributed by atoms with van der Waals surface area (Å²) in [5.41, 5.74) is 3.93. The normalized spacial score (nSPS) is 21.2. The van der Waals surface area contributed by atoms with Crippen molar-refractivity contribution in [2.24, 2.45) is 11.8 Å². The average Bonchev–Trinajstić information content (AvgIpc) is 3.44. The summed E-state index contributed by atoms with van der Waals surface area (Å²) in [4.78, 5) is 41.6. The number of amides is 3. The zero-order valence-electron chi connectivity index (χ0n) is 17.7. The molecular weight excluding hydrogens is 390 g/mol. The second-order valence-electron chi connectivity index (χ2n) is 8.87. The van der Waals surface area contributed by atoms with E-state index < -0.39 is 0 Å². The van der Waals surface area contributed by atoms with Gasteiger partial charge in [-0.2, -0.15) is 0 Å². The van der Waals surface area contributed by atoms with Crippen molar-refractivity contribution >= 4 is 29.1 Å².